The summed E-state index contributed by atoms with van der Waals surface area (Å²) in [6.45, 7) is 13.5. The van der Waals surface area contributed by atoms with Crippen molar-refractivity contribution in [1.29, 1.82) is 0 Å². The van der Waals surface area contributed by atoms with Gasteiger partial charge in [-0.15, -0.1) is 13.2 Å². The summed E-state index contributed by atoms with van der Waals surface area (Å²) in [7, 11) is 0. The van der Waals surface area contributed by atoms with Gasteiger partial charge in [-0.25, -0.2) is 0 Å². The van der Waals surface area contributed by atoms with Crippen LogP contribution < -0.4 is 4.74 Å². The molecule has 2 unspecified atom stereocenters. The maximum atomic E-state index is 10.7. The van der Waals surface area contributed by atoms with Gasteiger partial charge in [0.25, 0.3) is 0 Å². The lowest BCUT2D eigenvalue weighted by Crippen LogP contribution is -2.46. The first kappa shape index (κ1) is 14.8. The van der Waals surface area contributed by atoms with Crippen LogP contribution >= 0.6 is 0 Å². The molecular weight excluding hydrogens is 250 g/mol. The van der Waals surface area contributed by atoms with E-state index in [1.54, 1.807) is 0 Å². The average molecular weight is 273 g/mol. The van der Waals surface area contributed by atoms with Gasteiger partial charge in [-0.2, -0.15) is 0 Å². The van der Waals surface area contributed by atoms with Crippen LogP contribution in [0.1, 0.15) is 22.8 Å². The fraction of sp³-hybridized carbons (Fsp3) is 0.412. The predicted molar refractivity (Wildman–Crippen MR) is 82.1 cm³/mol. The molecule has 0 fully saturated rings. The summed E-state index contributed by atoms with van der Waals surface area (Å²) in [4.78, 5) is 2.13. The van der Waals surface area contributed by atoms with Crippen molar-refractivity contribution in [3.63, 3.8) is 0 Å². The van der Waals surface area contributed by atoms with Crippen LogP contribution in [0.15, 0.2) is 37.4 Å². The van der Waals surface area contributed by atoms with E-state index in [-0.39, 0.29) is 6.04 Å². The lowest BCUT2D eigenvalue weighted by Gasteiger charge is -2.38. The Labute approximate surface area is 121 Å². The average Bonchev–Trinajstić information content (AvgIpc) is 2.38. The highest BCUT2D eigenvalue weighted by atomic mass is 16.5. The first-order valence-corrected chi connectivity index (χ1v) is 6.96. The van der Waals surface area contributed by atoms with Crippen LogP contribution in [-0.4, -0.2) is 35.7 Å². The number of aryl methyl sites for hydroxylation is 2. The molecule has 2 atom stereocenters. The van der Waals surface area contributed by atoms with E-state index in [4.69, 9.17) is 4.74 Å². The Kier molecular flexibility index (Phi) is 4.63. The molecule has 108 valence electrons. The Bertz CT molecular complexity index is 500. The fourth-order valence-corrected chi connectivity index (χ4v) is 2.88. The van der Waals surface area contributed by atoms with Crippen molar-refractivity contribution >= 4 is 0 Å². The minimum atomic E-state index is -0.542. The molecule has 1 heterocycles. The SMILES string of the molecule is C=CCN(CC=C)C1COc2cc(C)cc(C)c2C1O. The maximum Gasteiger partial charge on any atom is 0.125 e. The van der Waals surface area contributed by atoms with Gasteiger partial charge in [-0.05, 0) is 31.0 Å². The minimum Gasteiger partial charge on any atom is -0.491 e. The molecule has 0 bridgehead atoms. The molecule has 0 aromatic heterocycles. The number of ether oxygens (including phenoxy) is 1. The molecule has 1 aromatic carbocycles. The fourth-order valence-electron chi connectivity index (χ4n) is 2.88. The van der Waals surface area contributed by atoms with Crippen LogP contribution in [0.2, 0.25) is 0 Å². The van der Waals surface area contributed by atoms with Gasteiger partial charge >= 0.3 is 0 Å². The summed E-state index contributed by atoms with van der Waals surface area (Å²) in [6.07, 6.45) is 3.14. The topological polar surface area (TPSA) is 32.7 Å². The molecule has 3 heteroatoms. The van der Waals surface area contributed by atoms with E-state index in [1.807, 2.05) is 32.1 Å². The van der Waals surface area contributed by atoms with Crippen molar-refractivity contribution < 1.29 is 9.84 Å². The third kappa shape index (κ3) is 2.79. The number of fused-ring (bicyclic) bond motifs is 1. The second-order valence-corrected chi connectivity index (χ2v) is 5.35. The highest BCUT2D eigenvalue weighted by Gasteiger charge is 2.34. The van der Waals surface area contributed by atoms with E-state index in [0.717, 1.165) is 22.4 Å². The molecule has 0 radical (unpaired) electrons. The second kappa shape index (κ2) is 6.25. The van der Waals surface area contributed by atoms with Crippen LogP contribution in [0.5, 0.6) is 5.75 Å². The summed E-state index contributed by atoms with van der Waals surface area (Å²) in [5.74, 6) is 0.809. The van der Waals surface area contributed by atoms with Crippen molar-refractivity contribution in [3.8, 4) is 5.75 Å². The number of hydrogen-bond acceptors (Lipinski definition) is 3. The van der Waals surface area contributed by atoms with Gasteiger partial charge in [-0.3, -0.25) is 4.90 Å². The van der Waals surface area contributed by atoms with Crippen LogP contribution in [0, 0.1) is 13.8 Å². The molecule has 0 aliphatic carbocycles. The van der Waals surface area contributed by atoms with Gasteiger partial charge in [0.05, 0.1) is 6.04 Å². The Balaban J connectivity index is 2.32. The third-order valence-corrected chi connectivity index (χ3v) is 3.76. The smallest absolute Gasteiger partial charge is 0.125 e. The standard InChI is InChI=1S/C17H23NO2/c1-5-7-18(8-6-2)14-11-20-15-10-12(3)9-13(4)16(15)17(14)19/h5-6,9-10,14,17,19H,1-2,7-8,11H2,3-4H3. The highest BCUT2D eigenvalue weighted by Crippen LogP contribution is 2.37. The molecule has 1 N–H and O–H groups in total. The van der Waals surface area contributed by atoms with Gasteiger partial charge in [0.2, 0.25) is 0 Å². The molecular formula is C17H23NO2. The molecule has 0 saturated heterocycles. The number of rotatable bonds is 5. The molecule has 1 aliphatic rings. The molecule has 2 rings (SSSR count). The Morgan fingerprint density at radius 3 is 2.55 bits per heavy atom. The van der Waals surface area contributed by atoms with Crippen molar-refractivity contribution in [2.75, 3.05) is 19.7 Å². The van der Waals surface area contributed by atoms with Gasteiger partial charge in [0.1, 0.15) is 18.5 Å². The lowest BCUT2D eigenvalue weighted by atomic mass is 9.92. The third-order valence-electron chi connectivity index (χ3n) is 3.76. The van der Waals surface area contributed by atoms with E-state index in [0.29, 0.717) is 19.7 Å². The van der Waals surface area contributed by atoms with E-state index in [2.05, 4.69) is 24.1 Å². The zero-order valence-corrected chi connectivity index (χ0v) is 12.3. The first-order chi connectivity index (χ1) is 9.58. The Morgan fingerprint density at radius 2 is 1.95 bits per heavy atom. The van der Waals surface area contributed by atoms with Crippen molar-refractivity contribution in [1.82, 2.24) is 4.90 Å². The number of hydrogen-bond donors (Lipinski definition) is 1. The van der Waals surface area contributed by atoms with Crippen LogP contribution in [0.3, 0.4) is 0 Å². The molecule has 1 aliphatic heterocycles. The molecule has 0 saturated carbocycles. The van der Waals surface area contributed by atoms with Crippen molar-refractivity contribution in [3.05, 3.63) is 54.1 Å². The minimum absolute atomic E-state index is 0.0695. The lowest BCUT2D eigenvalue weighted by molar-refractivity contribution is 0.0130. The highest BCUT2D eigenvalue weighted by molar-refractivity contribution is 5.46. The summed E-state index contributed by atoms with van der Waals surface area (Å²) in [5.41, 5.74) is 3.14. The van der Waals surface area contributed by atoms with E-state index < -0.39 is 6.10 Å². The Hall–Kier alpha value is -1.58. The zero-order chi connectivity index (χ0) is 14.7. The zero-order valence-electron chi connectivity index (χ0n) is 12.3. The van der Waals surface area contributed by atoms with Gasteiger partial charge < -0.3 is 9.84 Å². The summed E-state index contributed by atoms with van der Waals surface area (Å²) < 4.78 is 5.87. The molecule has 20 heavy (non-hydrogen) atoms. The van der Waals surface area contributed by atoms with E-state index in [1.165, 1.54) is 0 Å². The van der Waals surface area contributed by atoms with Crippen molar-refractivity contribution in [2.45, 2.75) is 26.0 Å². The van der Waals surface area contributed by atoms with Crippen LogP contribution in [0.25, 0.3) is 0 Å². The van der Waals surface area contributed by atoms with Crippen LogP contribution in [-0.2, 0) is 0 Å². The summed E-state index contributed by atoms with van der Waals surface area (Å²) >= 11 is 0. The van der Waals surface area contributed by atoms with Crippen molar-refractivity contribution in [2.24, 2.45) is 0 Å². The van der Waals surface area contributed by atoms with E-state index >= 15 is 0 Å². The number of nitrogens with zero attached hydrogens (tertiary/aromatic N) is 1. The van der Waals surface area contributed by atoms with E-state index in [9.17, 15) is 5.11 Å². The molecule has 0 amide bonds. The Morgan fingerprint density at radius 1 is 1.30 bits per heavy atom. The maximum absolute atomic E-state index is 10.7. The number of aliphatic hydroxyl groups excluding tert-OH is 1. The predicted octanol–water partition coefficient (Wildman–Crippen LogP) is 2.77. The van der Waals surface area contributed by atoms with Crippen LogP contribution in [0.4, 0.5) is 0 Å². The monoisotopic (exact) mass is 273 g/mol. The first-order valence-electron chi connectivity index (χ1n) is 6.96. The molecule has 0 spiro atoms. The summed E-state index contributed by atoms with van der Waals surface area (Å²) in [5, 5.41) is 10.7. The largest absolute Gasteiger partial charge is 0.491 e. The number of aliphatic hydroxyl groups is 1. The quantitative estimate of drug-likeness (QED) is 0.837. The summed E-state index contributed by atoms with van der Waals surface area (Å²) in [6, 6.07) is 4.01. The van der Waals surface area contributed by atoms with Gasteiger partial charge in [0.15, 0.2) is 0 Å². The second-order valence-electron chi connectivity index (χ2n) is 5.35. The molecule has 3 nitrogen and oxygen atoms in total. The molecule has 1 aromatic rings. The normalized spacial score (nSPS) is 21.2. The van der Waals surface area contributed by atoms with Gasteiger partial charge in [-0.1, -0.05) is 18.2 Å². The van der Waals surface area contributed by atoms with Gasteiger partial charge in [0, 0.05) is 18.7 Å². The number of benzene rings is 1.